The van der Waals surface area contributed by atoms with Gasteiger partial charge in [-0.05, 0) is 25.0 Å². The van der Waals surface area contributed by atoms with Crippen molar-refractivity contribution in [3.8, 4) is 5.75 Å². The van der Waals surface area contributed by atoms with E-state index in [4.69, 9.17) is 10.5 Å². The van der Waals surface area contributed by atoms with Gasteiger partial charge >= 0.3 is 0 Å². The van der Waals surface area contributed by atoms with Crippen molar-refractivity contribution in [1.82, 2.24) is 5.32 Å². The summed E-state index contributed by atoms with van der Waals surface area (Å²) in [6, 6.07) is 5.96. The van der Waals surface area contributed by atoms with Crippen molar-refractivity contribution in [2.75, 3.05) is 24.2 Å². The minimum absolute atomic E-state index is 0.127. The van der Waals surface area contributed by atoms with E-state index in [9.17, 15) is 4.79 Å². The van der Waals surface area contributed by atoms with Gasteiger partial charge in [-0.25, -0.2) is 0 Å². The van der Waals surface area contributed by atoms with Crippen molar-refractivity contribution in [2.45, 2.75) is 32.2 Å². The van der Waals surface area contributed by atoms with Gasteiger partial charge in [0.15, 0.2) is 0 Å². The van der Waals surface area contributed by atoms with Crippen molar-refractivity contribution in [2.24, 2.45) is 0 Å². The quantitative estimate of drug-likeness (QED) is 0.707. The fraction of sp³-hybridized carbons (Fsp3) is 0.500. The van der Waals surface area contributed by atoms with E-state index >= 15 is 0 Å². The fourth-order valence-electron chi connectivity index (χ4n) is 2.05. The summed E-state index contributed by atoms with van der Waals surface area (Å²) in [5, 5.41) is 6.25. The van der Waals surface area contributed by atoms with E-state index in [0.29, 0.717) is 31.0 Å². The molecule has 0 bridgehead atoms. The Morgan fingerprint density at radius 3 is 3.05 bits per heavy atom. The standard InChI is InChI=1S/C14H21N3O2/c1-2-7-19-13-8-10(3-5-12(13)15)17-11-4-6-14(18)16-9-11/h3,5,8,11,17H,2,4,6-7,9,15H2,1H3,(H,16,18). The summed E-state index contributed by atoms with van der Waals surface area (Å²) in [6.07, 6.45) is 2.37. The number of rotatable bonds is 5. The molecule has 1 heterocycles. The number of nitrogen functional groups attached to an aromatic ring is 1. The van der Waals surface area contributed by atoms with Gasteiger partial charge in [0.25, 0.3) is 0 Å². The van der Waals surface area contributed by atoms with Crippen LogP contribution >= 0.6 is 0 Å². The highest BCUT2D eigenvalue weighted by Gasteiger charge is 2.17. The van der Waals surface area contributed by atoms with Crippen molar-refractivity contribution in [1.29, 1.82) is 0 Å². The molecule has 1 amide bonds. The Labute approximate surface area is 113 Å². The van der Waals surface area contributed by atoms with Crippen molar-refractivity contribution in [3.05, 3.63) is 18.2 Å². The number of ether oxygens (including phenoxy) is 1. The van der Waals surface area contributed by atoms with Gasteiger partial charge in [-0.2, -0.15) is 0 Å². The van der Waals surface area contributed by atoms with E-state index in [1.165, 1.54) is 0 Å². The molecule has 2 rings (SSSR count). The first-order chi connectivity index (χ1) is 9.19. The first-order valence-corrected chi connectivity index (χ1v) is 6.74. The van der Waals surface area contributed by atoms with Crippen molar-refractivity contribution < 1.29 is 9.53 Å². The number of carbonyl (C=O) groups is 1. The van der Waals surface area contributed by atoms with Crippen LogP contribution in [0.1, 0.15) is 26.2 Å². The maximum Gasteiger partial charge on any atom is 0.220 e. The molecule has 19 heavy (non-hydrogen) atoms. The van der Waals surface area contributed by atoms with Gasteiger partial charge in [-0.15, -0.1) is 0 Å². The Morgan fingerprint density at radius 2 is 2.37 bits per heavy atom. The Kier molecular flexibility index (Phi) is 4.49. The molecule has 1 atom stereocenters. The van der Waals surface area contributed by atoms with Crippen LogP contribution in [0.4, 0.5) is 11.4 Å². The summed E-state index contributed by atoms with van der Waals surface area (Å²) in [5.74, 6) is 0.842. The van der Waals surface area contributed by atoms with Crippen molar-refractivity contribution in [3.63, 3.8) is 0 Å². The van der Waals surface area contributed by atoms with Gasteiger partial charge in [-0.3, -0.25) is 4.79 Å². The highest BCUT2D eigenvalue weighted by Crippen LogP contribution is 2.26. The second-order valence-electron chi connectivity index (χ2n) is 4.79. The van der Waals surface area contributed by atoms with Gasteiger partial charge in [-0.1, -0.05) is 6.92 Å². The van der Waals surface area contributed by atoms with Crippen LogP contribution in [0.25, 0.3) is 0 Å². The molecular formula is C14H21N3O2. The lowest BCUT2D eigenvalue weighted by molar-refractivity contribution is -0.122. The van der Waals surface area contributed by atoms with Crippen molar-refractivity contribution >= 4 is 17.3 Å². The minimum atomic E-state index is 0.127. The monoisotopic (exact) mass is 263 g/mol. The SMILES string of the molecule is CCCOc1cc(NC2CCC(=O)NC2)ccc1N. The molecule has 104 valence electrons. The van der Waals surface area contributed by atoms with E-state index in [-0.39, 0.29) is 11.9 Å². The van der Waals surface area contributed by atoms with Crippen LogP contribution in [0, 0.1) is 0 Å². The lowest BCUT2D eigenvalue weighted by Crippen LogP contribution is -2.41. The predicted molar refractivity (Wildman–Crippen MR) is 76.3 cm³/mol. The van der Waals surface area contributed by atoms with E-state index in [1.807, 2.05) is 18.2 Å². The average Bonchev–Trinajstić information content (AvgIpc) is 2.42. The summed E-state index contributed by atoms with van der Waals surface area (Å²) in [7, 11) is 0. The van der Waals surface area contributed by atoms with Crippen LogP contribution in [0.3, 0.4) is 0 Å². The zero-order valence-electron chi connectivity index (χ0n) is 11.2. The zero-order valence-corrected chi connectivity index (χ0v) is 11.2. The third-order valence-electron chi connectivity index (χ3n) is 3.11. The van der Waals surface area contributed by atoms with Crippen LogP contribution in [0.5, 0.6) is 5.75 Å². The van der Waals surface area contributed by atoms with Crippen LogP contribution in [-0.4, -0.2) is 25.1 Å². The van der Waals surface area contributed by atoms with Crippen LogP contribution in [-0.2, 0) is 4.79 Å². The molecule has 4 N–H and O–H groups in total. The Hall–Kier alpha value is -1.91. The topological polar surface area (TPSA) is 76.4 Å². The Balaban J connectivity index is 1.98. The molecule has 0 spiro atoms. The molecule has 0 saturated carbocycles. The number of nitrogens with one attached hydrogen (secondary N) is 2. The summed E-state index contributed by atoms with van der Waals surface area (Å²) in [6.45, 7) is 3.38. The molecule has 0 aromatic heterocycles. The van der Waals surface area contributed by atoms with Crippen LogP contribution < -0.4 is 21.1 Å². The number of hydrogen-bond donors (Lipinski definition) is 3. The Bertz CT molecular complexity index is 438. The molecular weight excluding hydrogens is 242 g/mol. The second-order valence-corrected chi connectivity index (χ2v) is 4.79. The summed E-state index contributed by atoms with van der Waals surface area (Å²) < 4.78 is 5.60. The third kappa shape index (κ3) is 3.77. The highest BCUT2D eigenvalue weighted by molar-refractivity contribution is 5.77. The molecule has 0 aliphatic carbocycles. The van der Waals surface area contributed by atoms with Gasteiger partial charge < -0.3 is 21.1 Å². The van der Waals surface area contributed by atoms with Crippen LogP contribution in [0.2, 0.25) is 0 Å². The molecule has 0 radical (unpaired) electrons. The second kappa shape index (κ2) is 6.31. The van der Waals surface area contributed by atoms with Crippen LogP contribution in [0.15, 0.2) is 18.2 Å². The minimum Gasteiger partial charge on any atom is -0.491 e. The maximum absolute atomic E-state index is 11.1. The zero-order chi connectivity index (χ0) is 13.7. The molecule has 5 nitrogen and oxygen atoms in total. The number of piperidine rings is 1. The number of anilines is 2. The molecule has 1 aliphatic heterocycles. The summed E-state index contributed by atoms with van der Waals surface area (Å²) in [4.78, 5) is 11.1. The van der Waals surface area contributed by atoms with E-state index in [2.05, 4.69) is 17.6 Å². The number of benzene rings is 1. The van der Waals surface area contributed by atoms with Gasteiger partial charge in [0.05, 0.1) is 12.3 Å². The van der Waals surface area contributed by atoms with Gasteiger partial charge in [0, 0.05) is 30.8 Å². The predicted octanol–water partition coefficient (Wildman–Crippen LogP) is 1.75. The molecule has 1 unspecified atom stereocenters. The molecule has 5 heteroatoms. The molecule has 1 fully saturated rings. The Morgan fingerprint density at radius 1 is 1.53 bits per heavy atom. The molecule has 1 aromatic rings. The van der Waals surface area contributed by atoms with E-state index in [0.717, 1.165) is 18.5 Å². The number of amides is 1. The lowest BCUT2D eigenvalue weighted by atomic mass is 10.1. The number of carbonyl (C=O) groups excluding carboxylic acids is 1. The third-order valence-corrected chi connectivity index (χ3v) is 3.11. The van der Waals surface area contributed by atoms with E-state index in [1.54, 1.807) is 0 Å². The summed E-state index contributed by atoms with van der Waals surface area (Å²) >= 11 is 0. The van der Waals surface area contributed by atoms with E-state index < -0.39 is 0 Å². The summed E-state index contributed by atoms with van der Waals surface area (Å²) in [5.41, 5.74) is 7.49. The first kappa shape index (κ1) is 13.5. The normalized spacial score (nSPS) is 18.8. The molecule has 1 aliphatic rings. The first-order valence-electron chi connectivity index (χ1n) is 6.74. The number of hydrogen-bond acceptors (Lipinski definition) is 4. The maximum atomic E-state index is 11.1. The molecule has 1 aromatic carbocycles. The number of nitrogens with two attached hydrogens (primary N) is 1. The van der Waals surface area contributed by atoms with Gasteiger partial charge in [0.1, 0.15) is 5.75 Å². The van der Waals surface area contributed by atoms with Gasteiger partial charge in [0.2, 0.25) is 5.91 Å². The smallest absolute Gasteiger partial charge is 0.220 e. The largest absolute Gasteiger partial charge is 0.491 e. The average molecular weight is 263 g/mol. The highest BCUT2D eigenvalue weighted by atomic mass is 16.5. The molecule has 1 saturated heterocycles. The fourth-order valence-corrected chi connectivity index (χ4v) is 2.05. The lowest BCUT2D eigenvalue weighted by Gasteiger charge is -2.24.